The van der Waals surface area contributed by atoms with E-state index < -0.39 is 0 Å². The highest BCUT2D eigenvalue weighted by Crippen LogP contribution is 2.31. The number of carbonyl (C=O) groups is 2. The van der Waals surface area contributed by atoms with Gasteiger partial charge in [-0.3, -0.25) is 9.59 Å². The summed E-state index contributed by atoms with van der Waals surface area (Å²) in [7, 11) is 0. The highest BCUT2D eigenvalue weighted by atomic mass is 16.5. The maximum Gasteiger partial charge on any atom is 0.257 e. The number of hydrogen-bond acceptors (Lipinski definition) is 3. The summed E-state index contributed by atoms with van der Waals surface area (Å²) >= 11 is 0. The number of amides is 2. The van der Waals surface area contributed by atoms with Gasteiger partial charge in [-0.25, -0.2) is 0 Å². The van der Waals surface area contributed by atoms with Crippen LogP contribution in [-0.4, -0.2) is 35.9 Å². The van der Waals surface area contributed by atoms with Gasteiger partial charge < -0.3 is 15.0 Å². The van der Waals surface area contributed by atoms with Crippen LogP contribution in [0.15, 0.2) is 18.2 Å². The molecule has 2 amide bonds. The Labute approximate surface area is 162 Å². The maximum absolute atomic E-state index is 13.1. The fourth-order valence-electron chi connectivity index (χ4n) is 4.28. The molecule has 0 aromatic heterocycles. The Morgan fingerprint density at radius 2 is 2.00 bits per heavy atom. The molecule has 1 unspecified atom stereocenters. The van der Waals surface area contributed by atoms with E-state index in [9.17, 15) is 9.59 Å². The first kappa shape index (κ1) is 19.7. The molecule has 0 aliphatic carbocycles. The number of nitrogens with one attached hydrogen (secondary N) is 1. The van der Waals surface area contributed by atoms with Gasteiger partial charge in [-0.1, -0.05) is 26.7 Å². The Bertz CT molecular complexity index is 668. The van der Waals surface area contributed by atoms with Gasteiger partial charge in [0.25, 0.3) is 5.91 Å². The average molecular weight is 373 g/mol. The first-order valence-electron chi connectivity index (χ1n) is 10.5. The molecular weight excluding hydrogens is 340 g/mol. The van der Waals surface area contributed by atoms with Gasteiger partial charge >= 0.3 is 0 Å². The topological polar surface area (TPSA) is 58.6 Å². The van der Waals surface area contributed by atoms with E-state index in [0.717, 1.165) is 51.5 Å². The second-order valence-corrected chi connectivity index (χ2v) is 7.76. The van der Waals surface area contributed by atoms with Crippen molar-refractivity contribution in [2.24, 2.45) is 5.92 Å². The van der Waals surface area contributed by atoms with Crippen molar-refractivity contribution in [3.8, 4) is 5.75 Å². The molecule has 2 aliphatic rings. The molecule has 1 fully saturated rings. The third-order valence-corrected chi connectivity index (χ3v) is 5.72. The highest BCUT2D eigenvalue weighted by Gasteiger charge is 2.31. The minimum Gasteiger partial charge on any atom is -0.493 e. The Morgan fingerprint density at radius 1 is 1.22 bits per heavy atom. The molecule has 27 heavy (non-hydrogen) atoms. The normalized spacial score (nSPS) is 19.6. The lowest BCUT2D eigenvalue weighted by Crippen LogP contribution is -2.45. The third-order valence-electron chi connectivity index (χ3n) is 5.72. The number of anilines is 1. The van der Waals surface area contributed by atoms with Gasteiger partial charge in [0.1, 0.15) is 5.75 Å². The van der Waals surface area contributed by atoms with Crippen molar-refractivity contribution in [2.45, 2.75) is 71.3 Å². The molecule has 0 bridgehead atoms. The van der Waals surface area contributed by atoms with E-state index in [-0.39, 0.29) is 23.8 Å². The molecule has 0 spiro atoms. The minimum absolute atomic E-state index is 0.0282. The van der Waals surface area contributed by atoms with Gasteiger partial charge in [-0.2, -0.15) is 0 Å². The largest absolute Gasteiger partial charge is 0.493 e. The summed E-state index contributed by atoms with van der Waals surface area (Å²) in [6.07, 6.45) is 7.94. The Balaban J connectivity index is 1.80. The quantitative estimate of drug-likeness (QED) is 0.793. The lowest BCUT2D eigenvalue weighted by Gasteiger charge is -2.37. The fourth-order valence-corrected chi connectivity index (χ4v) is 4.28. The van der Waals surface area contributed by atoms with Crippen molar-refractivity contribution in [2.75, 3.05) is 18.5 Å². The van der Waals surface area contributed by atoms with Crippen molar-refractivity contribution in [1.29, 1.82) is 0 Å². The van der Waals surface area contributed by atoms with Crippen LogP contribution in [0.4, 0.5) is 5.69 Å². The average Bonchev–Trinajstić information content (AvgIpc) is 2.67. The maximum atomic E-state index is 13.1. The zero-order valence-corrected chi connectivity index (χ0v) is 16.6. The van der Waals surface area contributed by atoms with Crippen LogP contribution in [0.1, 0.15) is 75.6 Å². The monoisotopic (exact) mass is 372 g/mol. The van der Waals surface area contributed by atoms with Crippen LogP contribution in [-0.2, 0) is 4.79 Å². The molecule has 3 rings (SSSR count). The fraction of sp³-hybridized carbons (Fsp3) is 0.636. The molecule has 1 aromatic rings. The summed E-state index contributed by atoms with van der Waals surface area (Å²) in [5.41, 5.74) is 1.25. The van der Waals surface area contributed by atoms with Crippen LogP contribution in [0.5, 0.6) is 5.75 Å². The van der Waals surface area contributed by atoms with Crippen molar-refractivity contribution in [1.82, 2.24) is 4.90 Å². The number of fused-ring (bicyclic) bond motifs is 2. The lowest BCUT2D eigenvalue weighted by molar-refractivity contribution is -0.120. The van der Waals surface area contributed by atoms with Crippen molar-refractivity contribution >= 4 is 17.5 Å². The van der Waals surface area contributed by atoms with Crippen LogP contribution in [0.2, 0.25) is 0 Å². The molecular formula is C22H32N2O3. The molecule has 1 N–H and O–H groups in total. The zero-order valence-electron chi connectivity index (χ0n) is 16.6. The second kappa shape index (κ2) is 9.25. The summed E-state index contributed by atoms with van der Waals surface area (Å²) in [5, 5.41) is 3.03. The SMILES string of the molecule is CCCC(CCC)C(=O)Nc1ccc2c(c1)C(=O)N1CCCCC1CCO2. The molecule has 5 heteroatoms. The second-order valence-electron chi connectivity index (χ2n) is 7.76. The molecule has 1 saturated heterocycles. The molecule has 2 aliphatic heterocycles. The molecule has 2 heterocycles. The standard InChI is InChI=1S/C22H32N2O3/c1-3-7-16(8-4-2)21(25)23-17-10-11-20-19(15-17)22(26)24-13-6-5-9-18(24)12-14-27-20/h10-11,15-16,18H,3-9,12-14H2,1-2H3,(H,23,25). The van der Waals surface area contributed by atoms with Gasteiger partial charge in [0.05, 0.1) is 12.2 Å². The van der Waals surface area contributed by atoms with E-state index >= 15 is 0 Å². The molecule has 0 radical (unpaired) electrons. The Kier molecular flexibility index (Phi) is 6.75. The van der Waals surface area contributed by atoms with Crippen LogP contribution in [0, 0.1) is 5.92 Å². The van der Waals surface area contributed by atoms with Gasteiger partial charge in [-0.15, -0.1) is 0 Å². The smallest absolute Gasteiger partial charge is 0.257 e. The van der Waals surface area contributed by atoms with Gasteiger partial charge in [0, 0.05) is 30.6 Å². The summed E-state index contributed by atoms with van der Waals surface area (Å²) in [6.45, 7) is 5.65. The summed E-state index contributed by atoms with van der Waals surface area (Å²) in [5.74, 6) is 0.735. The Morgan fingerprint density at radius 3 is 2.74 bits per heavy atom. The number of rotatable bonds is 6. The number of hydrogen-bond donors (Lipinski definition) is 1. The molecule has 148 valence electrons. The minimum atomic E-state index is 0.0282. The predicted octanol–water partition coefficient (Wildman–Crippen LogP) is 4.62. The van der Waals surface area contributed by atoms with Crippen LogP contribution >= 0.6 is 0 Å². The van der Waals surface area contributed by atoms with Gasteiger partial charge in [0.15, 0.2) is 0 Å². The number of carbonyl (C=O) groups excluding carboxylic acids is 2. The number of nitrogens with zero attached hydrogens (tertiary/aromatic N) is 1. The predicted molar refractivity (Wildman–Crippen MR) is 107 cm³/mol. The number of piperidine rings is 1. The number of benzene rings is 1. The van der Waals surface area contributed by atoms with Crippen LogP contribution < -0.4 is 10.1 Å². The molecule has 1 atom stereocenters. The molecule has 5 nitrogen and oxygen atoms in total. The third kappa shape index (κ3) is 4.63. The van der Waals surface area contributed by atoms with E-state index in [0.29, 0.717) is 23.6 Å². The summed E-state index contributed by atoms with van der Waals surface area (Å²) < 4.78 is 5.87. The Hall–Kier alpha value is -2.04. The highest BCUT2D eigenvalue weighted by molar-refractivity contribution is 6.00. The zero-order chi connectivity index (χ0) is 19.2. The number of ether oxygens (including phenoxy) is 1. The van der Waals surface area contributed by atoms with Gasteiger partial charge in [-0.05, 0) is 50.3 Å². The summed E-state index contributed by atoms with van der Waals surface area (Å²) in [6, 6.07) is 5.73. The van der Waals surface area contributed by atoms with Gasteiger partial charge in [0.2, 0.25) is 5.91 Å². The first-order chi connectivity index (χ1) is 13.1. The van der Waals surface area contributed by atoms with Crippen LogP contribution in [0.25, 0.3) is 0 Å². The molecule has 0 saturated carbocycles. The van der Waals surface area contributed by atoms with Crippen LogP contribution in [0.3, 0.4) is 0 Å². The van der Waals surface area contributed by atoms with E-state index in [1.165, 1.54) is 6.42 Å². The van der Waals surface area contributed by atoms with Crippen molar-refractivity contribution in [3.05, 3.63) is 23.8 Å². The lowest BCUT2D eigenvalue weighted by atomic mass is 9.96. The summed E-state index contributed by atoms with van der Waals surface area (Å²) in [4.78, 5) is 27.8. The molecule has 1 aromatic carbocycles. The van der Waals surface area contributed by atoms with E-state index in [2.05, 4.69) is 19.2 Å². The van der Waals surface area contributed by atoms with Crippen molar-refractivity contribution in [3.63, 3.8) is 0 Å². The van der Waals surface area contributed by atoms with E-state index in [4.69, 9.17) is 4.74 Å². The van der Waals surface area contributed by atoms with Crippen molar-refractivity contribution < 1.29 is 14.3 Å². The van der Waals surface area contributed by atoms with E-state index in [1.807, 2.05) is 17.0 Å². The first-order valence-corrected chi connectivity index (χ1v) is 10.5. The van der Waals surface area contributed by atoms with E-state index in [1.54, 1.807) is 6.07 Å².